The van der Waals surface area contributed by atoms with Gasteiger partial charge in [-0.25, -0.2) is 8.42 Å². The zero-order chi connectivity index (χ0) is 15.0. The van der Waals surface area contributed by atoms with Gasteiger partial charge in [0.25, 0.3) is 0 Å². The van der Waals surface area contributed by atoms with Crippen LogP contribution in [0.15, 0.2) is 4.90 Å². The monoisotopic (exact) mass is 321 g/mol. The molecular formula is C11H19N3O4S2. The summed E-state index contributed by atoms with van der Waals surface area (Å²) < 4.78 is 32.7. The SMILES string of the molecule is CN(CC1(O)CCOCC1)c1snc(N)c1S(C)(=O)=O. The number of aliphatic hydroxyl groups is 1. The highest BCUT2D eigenvalue weighted by Gasteiger charge is 2.33. The van der Waals surface area contributed by atoms with Crippen LogP contribution in [0.5, 0.6) is 0 Å². The smallest absolute Gasteiger partial charge is 0.182 e. The van der Waals surface area contributed by atoms with E-state index in [0.29, 0.717) is 37.6 Å². The van der Waals surface area contributed by atoms with E-state index in [0.717, 1.165) is 17.8 Å². The Labute approximate surface area is 122 Å². The lowest BCUT2D eigenvalue weighted by molar-refractivity contribution is -0.0572. The molecule has 0 spiro atoms. The van der Waals surface area contributed by atoms with E-state index in [1.54, 1.807) is 11.9 Å². The lowest BCUT2D eigenvalue weighted by atomic mass is 9.94. The Morgan fingerprint density at radius 2 is 2.10 bits per heavy atom. The fraction of sp³-hybridized carbons (Fsp3) is 0.727. The minimum Gasteiger partial charge on any atom is -0.388 e. The molecule has 0 radical (unpaired) electrons. The minimum absolute atomic E-state index is 0.0123. The average molecular weight is 321 g/mol. The Bertz CT molecular complexity index is 578. The van der Waals surface area contributed by atoms with Gasteiger partial charge in [-0.2, -0.15) is 4.37 Å². The molecule has 2 heterocycles. The molecule has 0 unspecified atom stereocenters. The molecule has 0 atom stereocenters. The molecule has 1 aromatic heterocycles. The second-order valence-electron chi connectivity index (χ2n) is 5.17. The van der Waals surface area contributed by atoms with E-state index in [-0.39, 0.29) is 10.7 Å². The fourth-order valence-corrected chi connectivity index (χ4v) is 4.49. The molecule has 0 saturated carbocycles. The van der Waals surface area contributed by atoms with Crippen LogP contribution < -0.4 is 10.6 Å². The lowest BCUT2D eigenvalue weighted by Crippen LogP contribution is -2.45. The predicted octanol–water partition coefficient (Wildman–Crippen LogP) is 0.107. The first-order chi connectivity index (χ1) is 9.23. The Morgan fingerprint density at radius 3 is 2.65 bits per heavy atom. The topological polar surface area (TPSA) is 106 Å². The molecule has 0 bridgehead atoms. The third-order valence-electron chi connectivity index (χ3n) is 3.33. The van der Waals surface area contributed by atoms with Crippen LogP contribution in [0.1, 0.15) is 12.8 Å². The van der Waals surface area contributed by atoms with Crippen LogP contribution in [0.3, 0.4) is 0 Å². The van der Waals surface area contributed by atoms with Crippen molar-refractivity contribution in [1.29, 1.82) is 0 Å². The van der Waals surface area contributed by atoms with Crippen molar-refractivity contribution < 1.29 is 18.3 Å². The maximum Gasteiger partial charge on any atom is 0.182 e. The first kappa shape index (κ1) is 15.5. The Hall–Kier alpha value is -0.900. The van der Waals surface area contributed by atoms with Crippen molar-refractivity contribution in [3.63, 3.8) is 0 Å². The van der Waals surface area contributed by atoms with Crippen LogP contribution in [-0.4, -0.2) is 56.6 Å². The molecule has 1 fully saturated rings. The number of anilines is 2. The van der Waals surface area contributed by atoms with Crippen LogP contribution in [0.25, 0.3) is 0 Å². The first-order valence-electron chi connectivity index (χ1n) is 6.19. The molecule has 1 saturated heterocycles. The zero-order valence-corrected chi connectivity index (χ0v) is 13.1. The number of nitrogens with two attached hydrogens (primary N) is 1. The summed E-state index contributed by atoms with van der Waals surface area (Å²) in [5.41, 5.74) is 4.77. The van der Waals surface area contributed by atoms with Gasteiger partial charge in [-0.15, -0.1) is 0 Å². The third-order valence-corrected chi connectivity index (χ3v) is 5.58. The second kappa shape index (κ2) is 5.47. The Morgan fingerprint density at radius 1 is 1.50 bits per heavy atom. The molecular weight excluding hydrogens is 302 g/mol. The molecule has 2 rings (SSSR count). The van der Waals surface area contributed by atoms with Gasteiger partial charge in [0.2, 0.25) is 0 Å². The van der Waals surface area contributed by atoms with E-state index in [4.69, 9.17) is 10.5 Å². The quantitative estimate of drug-likeness (QED) is 0.810. The predicted molar refractivity (Wildman–Crippen MR) is 77.9 cm³/mol. The number of nitrogen functional groups attached to an aromatic ring is 1. The van der Waals surface area contributed by atoms with Crippen molar-refractivity contribution in [2.24, 2.45) is 0 Å². The summed E-state index contributed by atoms with van der Waals surface area (Å²) >= 11 is 1.03. The van der Waals surface area contributed by atoms with Crippen molar-refractivity contribution >= 4 is 32.2 Å². The molecule has 0 amide bonds. The molecule has 7 nitrogen and oxygen atoms in total. The number of likely N-dealkylation sites (N-methyl/N-ethyl adjacent to an activating group) is 1. The van der Waals surface area contributed by atoms with Gasteiger partial charge in [-0.3, -0.25) is 0 Å². The molecule has 3 N–H and O–H groups in total. The standard InChI is InChI=1S/C11H19N3O4S2/c1-14(7-11(15)3-5-18-6-4-11)10-8(20(2,16)17)9(12)13-19-10/h15H,3-7H2,1-2H3,(H2,12,13). The molecule has 0 aliphatic carbocycles. The summed E-state index contributed by atoms with van der Waals surface area (Å²) in [7, 11) is -1.72. The average Bonchev–Trinajstić information content (AvgIpc) is 2.71. The maximum atomic E-state index is 11.8. The number of aromatic nitrogens is 1. The number of sulfone groups is 1. The van der Waals surface area contributed by atoms with Crippen LogP contribution in [0.4, 0.5) is 10.8 Å². The van der Waals surface area contributed by atoms with Gasteiger partial charge in [-0.05, 0) is 11.5 Å². The third kappa shape index (κ3) is 3.22. The van der Waals surface area contributed by atoms with Crippen molar-refractivity contribution in [1.82, 2.24) is 4.37 Å². The van der Waals surface area contributed by atoms with Gasteiger partial charge in [0.1, 0.15) is 9.90 Å². The van der Waals surface area contributed by atoms with E-state index in [9.17, 15) is 13.5 Å². The van der Waals surface area contributed by atoms with Crippen LogP contribution in [-0.2, 0) is 14.6 Å². The molecule has 0 aromatic carbocycles. The van der Waals surface area contributed by atoms with E-state index < -0.39 is 15.4 Å². The van der Waals surface area contributed by atoms with Crippen molar-refractivity contribution in [2.45, 2.75) is 23.3 Å². The number of nitrogens with zero attached hydrogens (tertiary/aromatic N) is 2. The normalized spacial score (nSPS) is 18.9. The fourth-order valence-electron chi connectivity index (χ4n) is 2.30. The van der Waals surface area contributed by atoms with E-state index in [1.165, 1.54) is 0 Å². The number of ether oxygens (including phenoxy) is 1. The molecule has 1 aliphatic rings. The lowest BCUT2D eigenvalue weighted by Gasteiger charge is -2.35. The largest absolute Gasteiger partial charge is 0.388 e. The summed E-state index contributed by atoms with van der Waals surface area (Å²) in [5.74, 6) is 0.0123. The Kier molecular flexibility index (Phi) is 4.24. The second-order valence-corrected chi connectivity index (χ2v) is 7.87. The van der Waals surface area contributed by atoms with Crippen LogP contribution in [0.2, 0.25) is 0 Å². The molecule has 1 aliphatic heterocycles. The Balaban J connectivity index is 2.24. The van der Waals surface area contributed by atoms with Gasteiger partial charge in [0.05, 0.1) is 5.60 Å². The molecule has 9 heteroatoms. The first-order valence-corrected chi connectivity index (χ1v) is 8.86. The summed E-state index contributed by atoms with van der Waals surface area (Å²) in [6.07, 6.45) is 2.16. The van der Waals surface area contributed by atoms with Crippen molar-refractivity contribution in [2.75, 3.05) is 43.7 Å². The highest BCUT2D eigenvalue weighted by molar-refractivity contribution is 7.91. The molecule has 1 aromatic rings. The van der Waals surface area contributed by atoms with Gasteiger partial charge in [-0.1, -0.05) is 0 Å². The van der Waals surface area contributed by atoms with E-state index in [2.05, 4.69) is 4.37 Å². The molecule has 114 valence electrons. The van der Waals surface area contributed by atoms with Gasteiger partial charge >= 0.3 is 0 Å². The summed E-state index contributed by atoms with van der Waals surface area (Å²) in [6.45, 7) is 1.34. The van der Waals surface area contributed by atoms with E-state index in [1.807, 2.05) is 0 Å². The number of hydrogen-bond acceptors (Lipinski definition) is 8. The maximum absolute atomic E-state index is 11.8. The van der Waals surface area contributed by atoms with Crippen LogP contribution >= 0.6 is 11.5 Å². The summed E-state index contributed by atoms with van der Waals surface area (Å²) in [4.78, 5) is 1.75. The highest BCUT2D eigenvalue weighted by Crippen LogP contribution is 2.35. The summed E-state index contributed by atoms with van der Waals surface area (Å²) in [5, 5.41) is 10.9. The number of hydrogen-bond donors (Lipinski definition) is 2. The summed E-state index contributed by atoms with van der Waals surface area (Å²) in [6, 6.07) is 0. The van der Waals surface area contributed by atoms with Crippen molar-refractivity contribution in [3.05, 3.63) is 0 Å². The van der Waals surface area contributed by atoms with Crippen LogP contribution in [0, 0.1) is 0 Å². The minimum atomic E-state index is -3.45. The molecule has 20 heavy (non-hydrogen) atoms. The highest BCUT2D eigenvalue weighted by atomic mass is 32.2. The zero-order valence-electron chi connectivity index (χ0n) is 11.5. The number of rotatable bonds is 4. The van der Waals surface area contributed by atoms with Crippen molar-refractivity contribution in [3.8, 4) is 0 Å². The van der Waals surface area contributed by atoms with Gasteiger partial charge in [0.15, 0.2) is 15.7 Å². The van der Waals surface area contributed by atoms with Gasteiger partial charge < -0.3 is 20.5 Å². The van der Waals surface area contributed by atoms with E-state index >= 15 is 0 Å². The van der Waals surface area contributed by atoms with Gasteiger partial charge in [0, 0.05) is 45.9 Å².